The average molecular weight is 512 g/mol. The van der Waals surface area contributed by atoms with Gasteiger partial charge in [-0.15, -0.1) is 0 Å². The molecule has 4 aromatic rings. The number of nitrogens with zero attached hydrogens (tertiary/aromatic N) is 6. The van der Waals surface area contributed by atoms with Gasteiger partial charge in [0.2, 0.25) is 10.0 Å². The fourth-order valence-electron chi connectivity index (χ4n) is 4.91. The lowest BCUT2D eigenvalue weighted by molar-refractivity contribution is 0.0408. The van der Waals surface area contributed by atoms with Crippen LogP contribution in [0.15, 0.2) is 36.8 Å². The van der Waals surface area contributed by atoms with Crippen molar-refractivity contribution in [2.45, 2.75) is 13.0 Å². The Morgan fingerprint density at radius 3 is 2.72 bits per heavy atom. The van der Waals surface area contributed by atoms with Gasteiger partial charge in [-0.1, -0.05) is 0 Å². The minimum absolute atomic E-state index is 0.00325. The molecule has 2 saturated heterocycles. The number of aromatic amines is 1. The van der Waals surface area contributed by atoms with E-state index in [1.165, 1.54) is 3.97 Å². The van der Waals surface area contributed by atoms with Gasteiger partial charge in [0.15, 0.2) is 11.5 Å². The quantitative estimate of drug-likeness (QED) is 0.413. The number of hydrogen-bond acceptors (Lipinski definition) is 9. The van der Waals surface area contributed by atoms with Crippen LogP contribution >= 0.6 is 0 Å². The number of anilines is 1. The Morgan fingerprint density at radius 1 is 1.06 bits per heavy atom. The molecule has 0 aliphatic carbocycles. The molecule has 2 aliphatic rings. The smallest absolute Gasteiger partial charge is 0.241 e. The van der Waals surface area contributed by atoms with Crippen molar-refractivity contribution in [2.75, 3.05) is 63.3 Å². The number of hydrogen-bond donors (Lipinski definition) is 1. The van der Waals surface area contributed by atoms with E-state index < -0.39 is 10.0 Å². The average Bonchev–Trinajstić information content (AvgIpc) is 3.56. The van der Waals surface area contributed by atoms with Crippen LogP contribution in [-0.2, 0) is 19.5 Å². The van der Waals surface area contributed by atoms with Gasteiger partial charge in [-0.05, 0) is 25.1 Å². The van der Waals surface area contributed by atoms with E-state index in [-0.39, 0.29) is 11.8 Å². The SMILES string of the molecule is C[C@@H]1COCCN1c1nc(-c2ccnc3[nH]ccc23)nc2c1ccn2S(=O)(=O)CCN1CCOCC1. The van der Waals surface area contributed by atoms with E-state index in [1.807, 2.05) is 18.3 Å². The van der Waals surface area contributed by atoms with E-state index in [0.29, 0.717) is 62.2 Å². The first-order chi connectivity index (χ1) is 17.5. The number of rotatable bonds is 6. The monoisotopic (exact) mass is 511 g/mol. The molecule has 0 radical (unpaired) electrons. The highest BCUT2D eigenvalue weighted by atomic mass is 32.2. The largest absolute Gasteiger partial charge is 0.379 e. The van der Waals surface area contributed by atoms with Gasteiger partial charge in [-0.25, -0.2) is 27.3 Å². The number of H-pyrrole nitrogens is 1. The fourth-order valence-corrected chi connectivity index (χ4v) is 6.24. The molecule has 0 bridgehead atoms. The Kier molecular flexibility index (Phi) is 6.12. The summed E-state index contributed by atoms with van der Waals surface area (Å²) in [5, 5.41) is 1.59. The predicted molar refractivity (Wildman–Crippen MR) is 137 cm³/mol. The highest BCUT2D eigenvalue weighted by Gasteiger charge is 2.27. The van der Waals surface area contributed by atoms with Gasteiger partial charge >= 0.3 is 0 Å². The third kappa shape index (κ3) is 4.23. The molecule has 1 atom stereocenters. The highest BCUT2D eigenvalue weighted by molar-refractivity contribution is 7.90. The van der Waals surface area contributed by atoms with Crippen LogP contribution in [0.2, 0.25) is 0 Å². The van der Waals surface area contributed by atoms with E-state index in [1.54, 1.807) is 18.5 Å². The molecule has 6 heterocycles. The molecule has 0 saturated carbocycles. The normalized spacial score (nSPS) is 19.9. The number of pyridine rings is 1. The molecule has 2 fully saturated rings. The maximum absolute atomic E-state index is 13.5. The van der Waals surface area contributed by atoms with Gasteiger partial charge in [0.1, 0.15) is 11.5 Å². The Balaban J connectivity index is 1.47. The van der Waals surface area contributed by atoms with Gasteiger partial charge in [0.25, 0.3) is 0 Å². The molecule has 6 rings (SSSR count). The Hall–Kier alpha value is -3.06. The summed E-state index contributed by atoms with van der Waals surface area (Å²) in [6.07, 6.45) is 5.13. The van der Waals surface area contributed by atoms with E-state index in [0.717, 1.165) is 29.7 Å². The van der Waals surface area contributed by atoms with Gasteiger partial charge in [0.05, 0.1) is 43.6 Å². The van der Waals surface area contributed by atoms with Crippen LogP contribution in [0.4, 0.5) is 5.82 Å². The Labute approximate surface area is 209 Å². The van der Waals surface area contributed by atoms with Gasteiger partial charge < -0.3 is 19.4 Å². The van der Waals surface area contributed by atoms with Crippen LogP contribution in [0.25, 0.3) is 33.5 Å². The lowest BCUT2D eigenvalue weighted by Crippen LogP contribution is -2.44. The number of nitrogens with one attached hydrogen (secondary N) is 1. The van der Waals surface area contributed by atoms with E-state index >= 15 is 0 Å². The summed E-state index contributed by atoms with van der Waals surface area (Å²) in [6, 6.07) is 5.70. The van der Waals surface area contributed by atoms with E-state index in [9.17, 15) is 8.42 Å². The molecule has 2 aliphatic heterocycles. The molecule has 190 valence electrons. The molecule has 1 N–H and O–H groups in total. The van der Waals surface area contributed by atoms with Crippen molar-refractivity contribution in [3.63, 3.8) is 0 Å². The van der Waals surface area contributed by atoms with Crippen LogP contribution in [-0.4, -0.2) is 102 Å². The lowest BCUT2D eigenvalue weighted by Gasteiger charge is -2.34. The van der Waals surface area contributed by atoms with Crippen LogP contribution in [0.5, 0.6) is 0 Å². The van der Waals surface area contributed by atoms with Crippen molar-refractivity contribution in [2.24, 2.45) is 0 Å². The van der Waals surface area contributed by atoms with Crippen molar-refractivity contribution in [1.29, 1.82) is 0 Å². The number of morpholine rings is 2. The van der Waals surface area contributed by atoms with Crippen LogP contribution < -0.4 is 4.90 Å². The fraction of sp³-hybridized carbons (Fsp3) is 0.458. The predicted octanol–water partition coefficient (Wildman–Crippen LogP) is 1.71. The molecule has 12 heteroatoms. The molecule has 11 nitrogen and oxygen atoms in total. The van der Waals surface area contributed by atoms with Crippen molar-refractivity contribution < 1.29 is 17.9 Å². The van der Waals surface area contributed by atoms with Crippen molar-refractivity contribution >= 4 is 37.9 Å². The summed E-state index contributed by atoms with van der Waals surface area (Å²) in [7, 11) is -3.65. The molecule has 4 aromatic heterocycles. The molecule has 0 amide bonds. The maximum atomic E-state index is 13.5. The molecule has 0 unspecified atom stereocenters. The second-order valence-electron chi connectivity index (χ2n) is 9.21. The minimum Gasteiger partial charge on any atom is -0.379 e. The van der Waals surface area contributed by atoms with E-state index in [4.69, 9.17) is 19.4 Å². The van der Waals surface area contributed by atoms with E-state index in [2.05, 4.69) is 26.7 Å². The first kappa shape index (κ1) is 23.3. The summed E-state index contributed by atoms with van der Waals surface area (Å²) in [5.41, 5.74) is 1.91. The third-order valence-corrected chi connectivity index (χ3v) is 8.49. The number of aromatic nitrogens is 5. The molecule has 0 spiro atoms. The molecular weight excluding hydrogens is 482 g/mol. The van der Waals surface area contributed by atoms with Crippen LogP contribution in [0, 0.1) is 0 Å². The second-order valence-corrected chi connectivity index (χ2v) is 11.2. The van der Waals surface area contributed by atoms with Gasteiger partial charge in [0, 0.05) is 55.7 Å². The summed E-state index contributed by atoms with van der Waals surface area (Å²) < 4.78 is 39.4. The molecular formula is C24H29N7O4S. The maximum Gasteiger partial charge on any atom is 0.241 e. The lowest BCUT2D eigenvalue weighted by atomic mass is 10.1. The number of ether oxygens (including phenoxy) is 2. The first-order valence-corrected chi connectivity index (χ1v) is 13.8. The number of fused-ring (bicyclic) bond motifs is 2. The Morgan fingerprint density at radius 2 is 1.89 bits per heavy atom. The van der Waals surface area contributed by atoms with Crippen molar-refractivity contribution in [3.05, 3.63) is 36.8 Å². The van der Waals surface area contributed by atoms with Crippen molar-refractivity contribution in [3.8, 4) is 11.4 Å². The zero-order valence-electron chi connectivity index (χ0n) is 20.1. The Bertz CT molecular complexity index is 1490. The summed E-state index contributed by atoms with van der Waals surface area (Å²) in [5.74, 6) is 1.18. The summed E-state index contributed by atoms with van der Waals surface area (Å²) in [6.45, 7) is 7.09. The summed E-state index contributed by atoms with van der Waals surface area (Å²) >= 11 is 0. The highest BCUT2D eigenvalue weighted by Crippen LogP contribution is 2.33. The first-order valence-electron chi connectivity index (χ1n) is 12.2. The zero-order valence-corrected chi connectivity index (χ0v) is 20.9. The molecule has 36 heavy (non-hydrogen) atoms. The van der Waals surface area contributed by atoms with Crippen LogP contribution in [0.3, 0.4) is 0 Å². The zero-order chi connectivity index (χ0) is 24.7. The standard InChI is InChI=1S/C24H29N7O4S/c1-17-16-35-14-10-30(17)23-20-4-7-31(36(32,33)15-11-29-8-12-34-13-9-29)24(20)28-22(27-23)19-3-6-26-21-18(19)2-5-25-21/h2-7,17H,8-16H2,1H3,(H,25,26)/t17-/m1/s1. The summed E-state index contributed by atoms with van der Waals surface area (Å²) in [4.78, 5) is 21.6. The van der Waals surface area contributed by atoms with Gasteiger partial charge in [-0.3, -0.25) is 4.90 Å². The van der Waals surface area contributed by atoms with Crippen molar-refractivity contribution in [1.82, 2.24) is 28.8 Å². The van der Waals surface area contributed by atoms with Gasteiger partial charge in [-0.2, -0.15) is 0 Å². The molecule has 0 aromatic carbocycles. The topological polar surface area (TPSA) is 118 Å². The second kappa shape index (κ2) is 9.43. The third-order valence-electron chi connectivity index (χ3n) is 6.90. The van der Waals surface area contributed by atoms with Crippen LogP contribution in [0.1, 0.15) is 6.92 Å². The minimum atomic E-state index is -3.65.